The lowest BCUT2D eigenvalue weighted by Gasteiger charge is -2.19. The van der Waals surface area contributed by atoms with Gasteiger partial charge in [0.1, 0.15) is 11.9 Å². The highest BCUT2D eigenvalue weighted by molar-refractivity contribution is 6.31. The Bertz CT molecular complexity index is 346. The molecule has 90 valence electrons. The molecule has 0 aliphatic carbocycles. The Kier molecular flexibility index (Phi) is 5.02. The van der Waals surface area contributed by atoms with E-state index in [1.807, 2.05) is 0 Å². The Morgan fingerprint density at radius 2 is 2.06 bits per heavy atom. The monoisotopic (exact) mass is 245 g/mol. The van der Waals surface area contributed by atoms with Crippen molar-refractivity contribution in [3.8, 4) is 5.75 Å². The van der Waals surface area contributed by atoms with E-state index in [1.54, 1.807) is 7.05 Å². The molecule has 4 nitrogen and oxygen atoms in total. The number of halogens is 1. The second-order valence-electron chi connectivity index (χ2n) is 3.61. The molecule has 0 radical (unpaired) electrons. The van der Waals surface area contributed by atoms with Crippen molar-refractivity contribution in [1.82, 2.24) is 5.32 Å². The van der Waals surface area contributed by atoms with Crippen LogP contribution in [-0.4, -0.2) is 35.0 Å². The first-order valence-corrected chi connectivity index (χ1v) is 5.43. The van der Waals surface area contributed by atoms with Crippen LogP contribution in [0.4, 0.5) is 0 Å². The van der Waals surface area contributed by atoms with Gasteiger partial charge in [-0.05, 0) is 32.1 Å². The molecule has 0 spiro atoms. The lowest BCUT2D eigenvalue weighted by molar-refractivity contribution is 0.0141. The van der Waals surface area contributed by atoms with Gasteiger partial charge < -0.3 is 20.6 Å². The standard InChI is InChI=1S/C11H16ClNO3/c1-13-5-4-10(15)11(16)8-3-2-7(14)6-9(8)12/h2-3,6,10-11,13-16H,4-5H2,1H3. The lowest BCUT2D eigenvalue weighted by Crippen LogP contribution is -2.23. The summed E-state index contributed by atoms with van der Waals surface area (Å²) in [5.41, 5.74) is 0.420. The summed E-state index contributed by atoms with van der Waals surface area (Å²) in [6.07, 6.45) is -1.49. The number of phenolic OH excluding ortho intramolecular Hbond substituents is 1. The molecule has 5 heteroatoms. The number of hydrogen-bond acceptors (Lipinski definition) is 4. The Balaban J connectivity index is 2.75. The number of aromatic hydroxyl groups is 1. The second kappa shape index (κ2) is 6.06. The third-order valence-electron chi connectivity index (χ3n) is 2.36. The maximum Gasteiger partial charge on any atom is 0.117 e. The Hall–Kier alpha value is -0.810. The van der Waals surface area contributed by atoms with Crippen molar-refractivity contribution in [3.63, 3.8) is 0 Å². The zero-order valence-corrected chi connectivity index (χ0v) is 9.78. The summed E-state index contributed by atoms with van der Waals surface area (Å²) in [5, 5.41) is 31.8. The minimum Gasteiger partial charge on any atom is -0.508 e. The van der Waals surface area contributed by atoms with Gasteiger partial charge in [0.25, 0.3) is 0 Å². The van der Waals surface area contributed by atoms with Crippen LogP contribution < -0.4 is 5.32 Å². The first kappa shape index (κ1) is 13.3. The molecule has 0 saturated carbocycles. The molecule has 0 aliphatic heterocycles. The van der Waals surface area contributed by atoms with Gasteiger partial charge in [-0.1, -0.05) is 17.7 Å². The van der Waals surface area contributed by atoms with Crippen LogP contribution in [0.2, 0.25) is 5.02 Å². The minimum atomic E-state index is -1.04. The van der Waals surface area contributed by atoms with Crippen LogP contribution in [0.25, 0.3) is 0 Å². The largest absolute Gasteiger partial charge is 0.508 e. The van der Waals surface area contributed by atoms with Crippen molar-refractivity contribution in [3.05, 3.63) is 28.8 Å². The third-order valence-corrected chi connectivity index (χ3v) is 2.68. The number of aliphatic hydroxyl groups is 2. The number of rotatable bonds is 5. The molecule has 0 aliphatic rings. The van der Waals surface area contributed by atoms with Crippen LogP contribution in [0.5, 0.6) is 5.75 Å². The van der Waals surface area contributed by atoms with Crippen molar-refractivity contribution in [2.45, 2.75) is 18.6 Å². The van der Waals surface area contributed by atoms with Crippen molar-refractivity contribution >= 4 is 11.6 Å². The highest BCUT2D eigenvalue weighted by Gasteiger charge is 2.20. The summed E-state index contributed by atoms with van der Waals surface area (Å²) in [6, 6.07) is 4.27. The van der Waals surface area contributed by atoms with Crippen LogP contribution in [0, 0.1) is 0 Å². The highest BCUT2D eigenvalue weighted by Crippen LogP contribution is 2.29. The van der Waals surface area contributed by atoms with Crippen molar-refractivity contribution in [2.24, 2.45) is 0 Å². The Morgan fingerprint density at radius 1 is 1.38 bits per heavy atom. The molecule has 1 aromatic carbocycles. The van der Waals surface area contributed by atoms with Gasteiger partial charge in [-0.15, -0.1) is 0 Å². The predicted molar refractivity (Wildman–Crippen MR) is 62.6 cm³/mol. The maximum atomic E-state index is 9.84. The molecule has 4 N–H and O–H groups in total. The van der Waals surface area contributed by atoms with Crippen molar-refractivity contribution in [2.75, 3.05) is 13.6 Å². The van der Waals surface area contributed by atoms with Crippen molar-refractivity contribution < 1.29 is 15.3 Å². The molecule has 2 unspecified atom stereocenters. The molecule has 2 atom stereocenters. The van der Waals surface area contributed by atoms with Crippen LogP contribution >= 0.6 is 11.6 Å². The number of hydrogen-bond donors (Lipinski definition) is 4. The van der Waals surface area contributed by atoms with Gasteiger partial charge in [-0.25, -0.2) is 0 Å². The lowest BCUT2D eigenvalue weighted by atomic mass is 10.0. The summed E-state index contributed by atoms with van der Waals surface area (Å²) in [4.78, 5) is 0. The maximum absolute atomic E-state index is 9.84. The summed E-state index contributed by atoms with van der Waals surface area (Å²) in [5.74, 6) is 0.0330. The zero-order chi connectivity index (χ0) is 12.1. The van der Waals surface area contributed by atoms with Gasteiger partial charge in [0.05, 0.1) is 11.1 Å². The van der Waals surface area contributed by atoms with Gasteiger partial charge in [0.2, 0.25) is 0 Å². The van der Waals surface area contributed by atoms with E-state index in [1.165, 1.54) is 18.2 Å². The average Bonchev–Trinajstić information content (AvgIpc) is 2.25. The van der Waals surface area contributed by atoms with Gasteiger partial charge >= 0.3 is 0 Å². The number of nitrogens with one attached hydrogen (secondary N) is 1. The SMILES string of the molecule is CNCCC(O)C(O)c1ccc(O)cc1Cl. The summed E-state index contributed by atoms with van der Waals surface area (Å²) in [6.45, 7) is 0.605. The second-order valence-corrected chi connectivity index (χ2v) is 4.02. The molecule has 0 aromatic heterocycles. The van der Waals surface area contributed by atoms with E-state index >= 15 is 0 Å². The van der Waals surface area contributed by atoms with Gasteiger partial charge in [0.15, 0.2) is 0 Å². The van der Waals surface area contributed by atoms with E-state index in [0.29, 0.717) is 18.5 Å². The molecule has 1 rings (SSSR count). The molecule has 16 heavy (non-hydrogen) atoms. The Labute approximate surface area is 99.5 Å². The summed E-state index contributed by atoms with van der Waals surface area (Å²) in [7, 11) is 1.77. The highest BCUT2D eigenvalue weighted by atomic mass is 35.5. The van der Waals surface area contributed by atoms with Crippen LogP contribution in [0.15, 0.2) is 18.2 Å². The van der Waals surface area contributed by atoms with Crippen LogP contribution in [0.1, 0.15) is 18.1 Å². The molecular formula is C11H16ClNO3. The van der Waals surface area contributed by atoms with Crippen LogP contribution in [0.3, 0.4) is 0 Å². The fourth-order valence-electron chi connectivity index (χ4n) is 1.41. The van der Waals surface area contributed by atoms with E-state index in [2.05, 4.69) is 5.32 Å². The Morgan fingerprint density at radius 3 is 2.62 bits per heavy atom. The molecule has 1 aromatic rings. The fraction of sp³-hybridized carbons (Fsp3) is 0.455. The summed E-state index contributed by atoms with van der Waals surface area (Å²) >= 11 is 5.86. The number of aliphatic hydroxyl groups excluding tert-OH is 2. The normalized spacial score (nSPS) is 14.8. The van der Waals surface area contributed by atoms with E-state index in [-0.39, 0.29) is 10.8 Å². The third kappa shape index (κ3) is 3.35. The van der Waals surface area contributed by atoms with Gasteiger partial charge in [-0.3, -0.25) is 0 Å². The number of benzene rings is 1. The average molecular weight is 246 g/mol. The molecule has 0 fully saturated rings. The first-order chi connectivity index (χ1) is 7.56. The summed E-state index contributed by atoms with van der Waals surface area (Å²) < 4.78 is 0. The van der Waals surface area contributed by atoms with E-state index in [9.17, 15) is 10.2 Å². The van der Waals surface area contributed by atoms with E-state index in [0.717, 1.165) is 0 Å². The van der Waals surface area contributed by atoms with E-state index < -0.39 is 12.2 Å². The van der Waals surface area contributed by atoms with Gasteiger partial charge in [-0.2, -0.15) is 0 Å². The molecule has 0 bridgehead atoms. The van der Waals surface area contributed by atoms with Crippen LogP contribution in [-0.2, 0) is 0 Å². The first-order valence-electron chi connectivity index (χ1n) is 5.05. The van der Waals surface area contributed by atoms with E-state index in [4.69, 9.17) is 16.7 Å². The molecule has 0 saturated heterocycles. The minimum absolute atomic E-state index is 0.0330. The smallest absolute Gasteiger partial charge is 0.117 e. The quantitative estimate of drug-likeness (QED) is 0.626. The van der Waals surface area contributed by atoms with Gasteiger partial charge in [0, 0.05) is 5.56 Å². The molecule has 0 heterocycles. The topological polar surface area (TPSA) is 72.7 Å². The number of phenols is 1. The molecular weight excluding hydrogens is 230 g/mol. The predicted octanol–water partition coefficient (Wildman–Crippen LogP) is 1.05. The molecule has 0 amide bonds. The van der Waals surface area contributed by atoms with Crippen molar-refractivity contribution in [1.29, 1.82) is 0 Å². The fourth-order valence-corrected chi connectivity index (χ4v) is 1.70. The zero-order valence-electron chi connectivity index (χ0n) is 9.02.